The van der Waals surface area contributed by atoms with Crippen LogP contribution < -0.4 is 0 Å². The maximum Gasteiger partial charge on any atom is 0.225 e. The molecule has 2 aliphatic carbocycles. The van der Waals surface area contributed by atoms with E-state index in [0.717, 1.165) is 50.9 Å². The summed E-state index contributed by atoms with van der Waals surface area (Å²) in [4.78, 5) is 19.3. The van der Waals surface area contributed by atoms with Gasteiger partial charge in [0.15, 0.2) is 0 Å². The Labute approximate surface area is 130 Å². The van der Waals surface area contributed by atoms with Crippen LogP contribution in [0.4, 0.5) is 0 Å². The molecule has 2 rings (SSSR count). The van der Waals surface area contributed by atoms with Crippen molar-refractivity contribution in [2.75, 3.05) is 54.4 Å². The van der Waals surface area contributed by atoms with E-state index in [1.165, 1.54) is 19.3 Å². The van der Waals surface area contributed by atoms with Crippen molar-refractivity contribution in [1.82, 2.24) is 14.7 Å². The molecule has 0 aromatic rings. The summed E-state index contributed by atoms with van der Waals surface area (Å²) < 4.78 is 0. The van der Waals surface area contributed by atoms with Crippen molar-refractivity contribution in [3.63, 3.8) is 0 Å². The third-order valence-electron chi connectivity index (χ3n) is 4.97. The molecule has 2 fully saturated rings. The Hall–Kier alpha value is -0.610. The lowest BCUT2D eigenvalue weighted by Crippen LogP contribution is -2.39. The van der Waals surface area contributed by atoms with Gasteiger partial charge in [0, 0.05) is 19.0 Å². The van der Waals surface area contributed by atoms with E-state index in [1.807, 2.05) is 0 Å². The van der Waals surface area contributed by atoms with E-state index in [1.54, 1.807) is 0 Å². The number of amides is 1. The Morgan fingerprint density at radius 1 is 0.810 bits per heavy atom. The lowest BCUT2D eigenvalue weighted by molar-refractivity contribution is -0.135. The number of fused-ring (bicyclic) bond motifs is 1. The molecule has 0 radical (unpaired) electrons. The van der Waals surface area contributed by atoms with Crippen molar-refractivity contribution >= 4 is 5.91 Å². The highest BCUT2D eigenvalue weighted by molar-refractivity contribution is 5.79. The lowest BCUT2D eigenvalue weighted by atomic mass is 10.0. The Bertz CT molecular complexity index is 319. The molecule has 0 heterocycles. The number of carbonyl (C=O) groups excluding carboxylic acids is 1. The first-order valence-corrected chi connectivity index (χ1v) is 8.55. The first-order valence-electron chi connectivity index (χ1n) is 8.55. The van der Waals surface area contributed by atoms with Gasteiger partial charge in [0.25, 0.3) is 0 Å². The number of hydrogen-bond donors (Lipinski definition) is 0. The number of carbonyl (C=O) groups is 1. The van der Waals surface area contributed by atoms with Gasteiger partial charge in [-0.2, -0.15) is 0 Å². The fraction of sp³-hybridized carbons (Fsp3) is 0.941. The second kappa shape index (κ2) is 7.59. The van der Waals surface area contributed by atoms with E-state index in [9.17, 15) is 4.79 Å². The fourth-order valence-corrected chi connectivity index (χ4v) is 3.66. The average molecular weight is 295 g/mol. The SMILES string of the molecule is CN(C)CCCN(CCCN(C)C)C(=O)C1CC2CC2C1. The summed E-state index contributed by atoms with van der Waals surface area (Å²) in [5.41, 5.74) is 0. The van der Waals surface area contributed by atoms with Gasteiger partial charge in [-0.3, -0.25) is 4.79 Å². The second-order valence-electron chi connectivity index (χ2n) is 7.56. The molecule has 0 bridgehead atoms. The van der Waals surface area contributed by atoms with E-state index in [4.69, 9.17) is 0 Å². The van der Waals surface area contributed by atoms with E-state index in [2.05, 4.69) is 42.9 Å². The largest absolute Gasteiger partial charge is 0.342 e. The van der Waals surface area contributed by atoms with Crippen molar-refractivity contribution in [3.05, 3.63) is 0 Å². The van der Waals surface area contributed by atoms with Gasteiger partial charge >= 0.3 is 0 Å². The molecule has 0 aliphatic heterocycles. The number of rotatable bonds is 9. The topological polar surface area (TPSA) is 26.8 Å². The molecule has 2 saturated carbocycles. The van der Waals surface area contributed by atoms with Crippen LogP contribution in [0, 0.1) is 17.8 Å². The van der Waals surface area contributed by atoms with Crippen LogP contribution in [-0.4, -0.2) is 75.0 Å². The van der Waals surface area contributed by atoms with E-state index in [-0.39, 0.29) is 0 Å². The minimum absolute atomic E-state index is 0.340. The third-order valence-corrected chi connectivity index (χ3v) is 4.97. The van der Waals surface area contributed by atoms with Crippen LogP contribution in [0.25, 0.3) is 0 Å². The van der Waals surface area contributed by atoms with Crippen LogP contribution in [0.3, 0.4) is 0 Å². The molecule has 0 aromatic heterocycles. The normalized spacial score (nSPS) is 27.2. The van der Waals surface area contributed by atoms with Gasteiger partial charge in [0.1, 0.15) is 0 Å². The number of nitrogens with zero attached hydrogens (tertiary/aromatic N) is 3. The smallest absolute Gasteiger partial charge is 0.225 e. The van der Waals surface area contributed by atoms with Gasteiger partial charge in [0.2, 0.25) is 5.91 Å². The van der Waals surface area contributed by atoms with E-state index < -0.39 is 0 Å². The van der Waals surface area contributed by atoms with E-state index in [0.29, 0.717) is 11.8 Å². The van der Waals surface area contributed by atoms with Gasteiger partial charge in [-0.1, -0.05) is 0 Å². The lowest BCUT2D eigenvalue weighted by Gasteiger charge is -2.27. The molecule has 0 N–H and O–H groups in total. The maximum atomic E-state index is 12.8. The minimum atomic E-state index is 0.340. The summed E-state index contributed by atoms with van der Waals surface area (Å²) in [6.45, 7) is 3.98. The number of hydrogen-bond acceptors (Lipinski definition) is 3. The van der Waals surface area contributed by atoms with Crippen molar-refractivity contribution < 1.29 is 4.79 Å². The molecule has 2 aliphatic rings. The van der Waals surface area contributed by atoms with Crippen LogP contribution in [0.1, 0.15) is 32.1 Å². The summed E-state index contributed by atoms with van der Waals surface area (Å²) >= 11 is 0. The van der Waals surface area contributed by atoms with Crippen molar-refractivity contribution in [2.45, 2.75) is 32.1 Å². The van der Waals surface area contributed by atoms with Crippen molar-refractivity contribution in [2.24, 2.45) is 17.8 Å². The zero-order chi connectivity index (χ0) is 15.4. The molecule has 0 aromatic carbocycles. The quantitative estimate of drug-likeness (QED) is 0.648. The Kier molecular flexibility index (Phi) is 6.06. The molecule has 2 unspecified atom stereocenters. The average Bonchev–Trinajstić information content (AvgIpc) is 3.02. The molecule has 4 nitrogen and oxygen atoms in total. The molecule has 0 saturated heterocycles. The fourth-order valence-electron chi connectivity index (χ4n) is 3.66. The molecule has 21 heavy (non-hydrogen) atoms. The third kappa shape index (κ3) is 5.26. The van der Waals surface area contributed by atoms with Gasteiger partial charge in [-0.05, 0) is 85.2 Å². The Morgan fingerprint density at radius 2 is 1.29 bits per heavy atom. The van der Waals surface area contributed by atoms with Crippen molar-refractivity contribution in [1.29, 1.82) is 0 Å². The summed E-state index contributed by atoms with van der Waals surface area (Å²) in [5, 5.41) is 0. The molecule has 4 heteroatoms. The van der Waals surface area contributed by atoms with Gasteiger partial charge < -0.3 is 14.7 Å². The first kappa shape index (κ1) is 16.8. The monoisotopic (exact) mass is 295 g/mol. The van der Waals surface area contributed by atoms with Crippen LogP contribution in [-0.2, 0) is 4.79 Å². The Balaban J connectivity index is 1.79. The van der Waals surface area contributed by atoms with Gasteiger partial charge in [0.05, 0.1) is 0 Å². The highest BCUT2D eigenvalue weighted by atomic mass is 16.2. The molecule has 122 valence electrons. The van der Waals surface area contributed by atoms with Crippen LogP contribution in [0.15, 0.2) is 0 Å². The Morgan fingerprint density at radius 3 is 1.71 bits per heavy atom. The minimum Gasteiger partial charge on any atom is -0.342 e. The predicted octanol–water partition coefficient (Wildman–Crippen LogP) is 1.76. The molecule has 0 spiro atoms. The zero-order valence-electron chi connectivity index (χ0n) is 14.3. The summed E-state index contributed by atoms with van der Waals surface area (Å²) in [7, 11) is 8.40. The van der Waals surface area contributed by atoms with Gasteiger partial charge in [-0.25, -0.2) is 0 Å². The van der Waals surface area contributed by atoms with Crippen LogP contribution >= 0.6 is 0 Å². The molecular formula is C17H33N3O. The van der Waals surface area contributed by atoms with Crippen LogP contribution in [0.2, 0.25) is 0 Å². The summed E-state index contributed by atoms with van der Waals surface area (Å²) in [6.07, 6.45) is 5.90. The van der Waals surface area contributed by atoms with Crippen LogP contribution in [0.5, 0.6) is 0 Å². The highest BCUT2D eigenvalue weighted by Crippen LogP contribution is 2.54. The standard InChI is InChI=1S/C17H33N3O/c1-18(2)7-5-9-20(10-6-8-19(3)4)17(21)16-12-14-11-15(14)13-16/h14-16H,5-13H2,1-4H3. The predicted molar refractivity (Wildman–Crippen MR) is 87.2 cm³/mol. The highest BCUT2D eigenvalue weighted by Gasteiger charge is 2.48. The first-order chi connectivity index (χ1) is 9.97. The van der Waals surface area contributed by atoms with E-state index >= 15 is 0 Å². The summed E-state index contributed by atoms with van der Waals surface area (Å²) in [5.74, 6) is 2.57. The molecular weight excluding hydrogens is 262 g/mol. The maximum absolute atomic E-state index is 12.8. The second-order valence-corrected chi connectivity index (χ2v) is 7.56. The van der Waals surface area contributed by atoms with Gasteiger partial charge in [-0.15, -0.1) is 0 Å². The molecule has 2 atom stereocenters. The molecule has 1 amide bonds. The summed E-state index contributed by atoms with van der Waals surface area (Å²) in [6, 6.07) is 0. The zero-order valence-corrected chi connectivity index (χ0v) is 14.3. The van der Waals surface area contributed by atoms with Crippen molar-refractivity contribution in [3.8, 4) is 0 Å².